The Labute approximate surface area is 190 Å². The Kier molecular flexibility index (Phi) is 7.47. The number of benzene rings is 3. The van der Waals surface area contributed by atoms with Crippen LogP contribution in [0.2, 0.25) is 0 Å². The molecule has 1 amide bonds. The standard InChI is InChI=1S/C25H21BrN2O3/c1-17-8-10-19(11-9-17)20(15-27)12-18-13-22(26)25(23(14-18)30-2)31-16-24(29)28-21-6-4-3-5-7-21/h3-14H,16H2,1-2H3,(H,28,29)/b20-12-. The molecule has 0 bridgehead atoms. The van der Waals surface area contributed by atoms with Crippen LogP contribution in [0.25, 0.3) is 11.6 Å². The number of methoxy groups -OCH3 is 1. The highest BCUT2D eigenvalue weighted by Crippen LogP contribution is 2.37. The number of nitrogens with one attached hydrogen (secondary N) is 1. The average Bonchev–Trinajstić information content (AvgIpc) is 2.77. The topological polar surface area (TPSA) is 71.3 Å². The summed E-state index contributed by atoms with van der Waals surface area (Å²) in [7, 11) is 1.53. The molecule has 6 heteroatoms. The Hall–Kier alpha value is -3.56. The molecule has 3 aromatic carbocycles. The molecule has 0 radical (unpaired) electrons. The van der Waals surface area contributed by atoms with Crippen LogP contribution >= 0.6 is 15.9 Å². The number of halogens is 1. The number of carbonyl (C=O) groups is 1. The summed E-state index contributed by atoms with van der Waals surface area (Å²) in [6.45, 7) is 1.83. The molecule has 0 fully saturated rings. The number of carbonyl (C=O) groups excluding carboxylic acids is 1. The van der Waals surface area contributed by atoms with Crippen molar-refractivity contribution in [3.05, 3.63) is 87.9 Å². The molecule has 0 aliphatic rings. The van der Waals surface area contributed by atoms with Gasteiger partial charge in [0.2, 0.25) is 0 Å². The second-order valence-corrected chi connectivity index (χ2v) is 7.63. The summed E-state index contributed by atoms with van der Waals surface area (Å²) in [5, 5.41) is 12.4. The van der Waals surface area contributed by atoms with E-state index in [-0.39, 0.29) is 12.5 Å². The Morgan fingerprint density at radius 1 is 1.13 bits per heavy atom. The molecule has 31 heavy (non-hydrogen) atoms. The Morgan fingerprint density at radius 2 is 1.84 bits per heavy atom. The zero-order chi connectivity index (χ0) is 22.2. The van der Waals surface area contributed by atoms with E-state index in [1.807, 2.05) is 55.5 Å². The SMILES string of the molecule is COc1cc(/C=C(/C#N)c2ccc(C)cc2)cc(Br)c1OCC(=O)Nc1ccccc1. The maximum atomic E-state index is 12.2. The van der Waals surface area contributed by atoms with Crippen molar-refractivity contribution in [2.24, 2.45) is 0 Å². The molecule has 0 heterocycles. The zero-order valence-corrected chi connectivity index (χ0v) is 18.8. The minimum Gasteiger partial charge on any atom is -0.493 e. The minimum absolute atomic E-state index is 0.175. The van der Waals surface area contributed by atoms with Crippen LogP contribution in [0.4, 0.5) is 5.69 Å². The molecule has 0 unspecified atom stereocenters. The first-order valence-electron chi connectivity index (χ1n) is 9.54. The smallest absolute Gasteiger partial charge is 0.262 e. The van der Waals surface area contributed by atoms with Gasteiger partial charge >= 0.3 is 0 Å². The Morgan fingerprint density at radius 3 is 2.48 bits per heavy atom. The van der Waals surface area contributed by atoms with Crippen molar-refractivity contribution >= 4 is 39.2 Å². The predicted molar refractivity (Wildman–Crippen MR) is 126 cm³/mol. The van der Waals surface area contributed by atoms with Gasteiger partial charge in [0.15, 0.2) is 18.1 Å². The molecule has 0 saturated heterocycles. The van der Waals surface area contributed by atoms with E-state index < -0.39 is 0 Å². The number of nitrogens with zero attached hydrogens (tertiary/aromatic N) is 1. The van der Waals surface area contributed by atoms with Crippen LogP contribution in [0.15, 0.2) is 71.2 Å². The van der Waals surface area contributed by atoms with Gasteiger partial charge in [-0.05, 0) is 64.3 Å². The van der Waals surface area contributed by atoms with Crippen molar-refractivity contribution in [1.82, 2.24) is 0 Å². The number of allylic oxidation sites excluding steroid dienone is 1. The normalized spacial score (nSPS) is 10.8. The molecular weight excluding hydrogens is 456 g/mol. The molecule has 0 atom stereocenters. The van der Waals surface area contributed by atoms with Crippen LogP contribution in [-0.2, 0) is 4.79 Å². The number of hydrogen-bond acceptors (Lipinski definition) is 4. The third-order valence-corrected chi connectivity index (χ3v) is 5.04. The monoisotopic (exact) mass is 476 g/mol. The number of anilines is 1. The number of nitriles is 1. The van der Waals surface area contributed by atoms with Crippen LogP contribution in [-0.4, -0.2) is 19.6 Å². The molecule has 156 valence electrons. The summed E-state index contributed by atoms with van der Waals surface area (Å²) < 4.78 is 11.8. The fraction of sp³-hybridized carbons (Fsp3) is 0.120. The lowest BCUT2D eigenvalue weighted by Crippen LogP contribution is -2.20. The summed E-state index contributed by atoms with van der Waals surface area (Å²) in [5.41, 5.74) is 3.96. The number of aryl methyl sites for hydroxylation is 1. The first-order chi connectivity index (χ1) is 15.0. The van der Waals surface area contributed by atoms with Crippen molar-refractivity contribution in [1.29, 1.82) is 5.26 Å². The van der Waals surface area contributed by atoms with E-state index in [0.717, 1.165) is 16.7 Å². The van der Waals surface area contributed by atoms with Crippen molar-refractivity contribution in [2.75, 3.05) is 19.0 Å². The Bertz CT molecular complexity index is 1130. The van der Waals surface area contributed by atoms with Crippen LogP contribution in [0.3, 0.4) is 0 Å². The molecule has 3 aromatic rings. The summed E-state index contributed by atoms with van der Waals surface area (Å²) in [6.07, 6.45) is 1.78. The summed E-state index contributed by atoms with van der Waals surface area (Å²) in [6, 6.07) is 22.8. The highest BCUT2D eigenvalue weighted by molar-refractivity contribution is 9.10. The quantitative estimate of drug-likeness (QED) is 0.343. The fourth-order valence-corrected chi connectivity index (χ4v) is 3.47. The maximum Gasteiger partial charge on any atom is 0.262 e. The van der Waals surface area contributed by atoms with Gasteiger partial charge in [0.1, 0.15) is 0 Å². The first kappa shape index (κ1) is 22.1. The summed E-state index contributed by atoms with van der Waals surface area (Å²) in [4.78, 5) is 12.2. The fourth-order valence-electron chi connectivity index (χ4n) is 2.90. The molecule has 0 saturated carbocycles. The van der Waals surface area contributed by atoms with Gasteiger partial charge in [-0.2, -0.15) is 5.26 Å². The lowest BCUT2D eigenvalue weighted by Gasteiger charge is -2.14. The molecule has 0 aliphatic heterocycles. The molecule has 1 N–H and O–H groups in total. The van der Waals surface area contributed by atoms with Gasteiger partial charge in [0.05, 0.1) is 23.2 Å². The number of hydrogen-bond donors (Lipinski definition) is 1. The third kappa shape index (κ3) is 5.97. The molecule has 0 aliphatic carbocycles. The zero-order valence-electron chi connectivity index (χ0n) is 17.2. The average molecular weight is 477 g/mol. The van der Waals surface area contributed by atoms with Crippen molar-refractivity contribution in [3.63, 3.8) is 0 Å². The minimum atomic E-state index is -0.282. The van der Waals surface area contributed by atoms with Gasteiger partial charge in [0.25, 0.3) is 5.91 Å². The number of para-hydroxylation sites is 1. The van der Waals surface area contributed by atoms with Crippen molar-refractivity contribution < 1.29 is 14.3 Å². The molecule has 0 spiro atoms. The number of amides is 1. The third-order valence-electron chi connectivity index (χ3n) is 4.45. The van der Waals surface area contributed by atoms with E-state index in [2.05, 4.69) is 27.3 Å². The van der Waals surface area contributed by atoms with E-state index in [4.69, 9.17) is 9.47 Å². The van der Waals surface area contributed by atoms with E-state index in [1.54, 1.807) is 24.3 Å². The lowest BCUT2D eigenvalue weighted by molar-refractivity contribution is -0.118. The van der Waals surface area contributed by atoms with Gasteiger partial charge < -0.3 is 14.8 Å². The summed E-state index contributed by atoms with van der Waals surface area (Å²) >= 11 is 3.48. The first-order valence-corrected chi connectivity index (χ1v) is 10.3. The van der Waals surface area contributed by atoms with Crippen molar-refractivity contribution in [3.8, 4) is 17.6 Å². The highest BCUT2D eigenvalue weighted by atomic mass is 79.9. The molecule has 3 rings (SSSR count). The number of rotatable bonds is 7. The van der Waals surface area contributed by atoms with Gasteiger partial charge in [-0.1, -0.05) is 48.0 Å². The summed E-state index contributed by atoms with van der Waals surface area (Å²) in [5.74, 6) is 0.585. The van der Waals surface area contributed by atoms with E-state index in [0.29, 0.717) is 27.2 Å². The van der Waals surface area contributed by atoms with Crippen LogP contribution in [0.5, 0.6) is 11.5 Å². The van der Waals surface area contributed by atoms with Gasteiger partial charge in [0, 0.05) is 5.69 Å². The molecule has 5 nitrogen and oxygen atoms in total. The van der Waals surface area contributed by atoms with Gasteiger partial charge in [-0.3, -0.25) is 4.79 Å². The lowest BCUT2D eigenvalue weighted by atomic mass is 10.0. The van der Waals surface area contributed by atoms with Gasteiger partial charge in [-0.15, -0.1) is 0 Å². The Balaban J connectivity index is 1.78. The maximum absolute atomic E-state index is 12.2. The number of ether oxygens (including phenoxy) is 2. The van der Waals surface area contributed by atoms with Crippen molar-refractivity contribution in [2.45, 2.75) is 6.92 Å². The van der Waals surface area contributed by atoms with Crippen LogP contribution in [0, 0.1) is 18.3 Å². The van der Waals surface area contributed by atoms with Crippen LogP contribution < -0.4 is 14.8 Å². The second-order valence-electron chi connectivity index (χ2n) is 6.77. The second kappa shape index (κ2) is 10.5. The van der Waals surface area contributed by atoms with Gasteiger partial charge in [-0.25, -0.2) is 0 Å². The largest absolute Gasteiger partial charge is 0.493 e. The van der Waals surface area contributed by atoms with E-state index in [1.165, 1.54) is 7.11 Å². The van der Waals surface area contributed by atoms with E-state index in [9.17, 15) is 10.1 Å². The molecular formula is C25H21BrN2O3. The van der Waals surface area contributed by atoms with Crippen LogP contribution in [0.1, 0.15) is 16.7 Å². The molecule has 0 aromatic heterocycles. The predicted octanol–water partition coefficient (Wildman–Crippen LogP) is 5.85. The van der Waals surface area contributed by atoms with E-state index >= 15 is 0 Å². The highest BCUT2D eigenvalue weighted by Gasteiger charge is 2.14.